The average Bonchev–Trinajstić information content (AvgIpc) is 1.46. The molecule has 37 nitrogen and oxygen atoms in total. The molecule has 0 aliphatic carbocycles. The Labute approximate surface area is 829 Å². The summed E-state index contributed by atoms with van der Waals surface area (Å²) in [6.45, 7) is 17.8. The zero-order valence-corrected chi connectivity index (χ0v) is 82.6. The van der Waals surface area contributed by atoms with Crippen molar-refractivity contribution in [2.75, 3.05) is 123 Å². The van der Waals surface area contributed by atoms with Gasteiger partial charge >= 0.3 is 0 Å². The molecule has 10 aliphatic heterocycles. The van der Waals surface area contributed by atoms with E-state index in [9.17, 15) is 0 Å². The lowest BCUT2D eigenvalue weighted by Gasteiger charge is -2.38. The van der Waals surface area contributed by atoms with E-state index in [2.05, 4.69) is 259 Å². The average molecular weight is 2150 g/mol. The second-order valence-corrected chi connectivity index (χ2v) is 38.6. The lowest BCUT2D eigenvalue weighted by molar-refractivity contribution is 0.424. The molecule has 0 amide bonds. The molecule has 25 heterocycles. The van der Waals surface area contributed by atoms with Crippen LogP contribution in [0, 0.1) is 17.8 Å². The van der Waals surface area contributed by atoms with Crippen LogP contribution in [-0.2, 0) is 0 Å². The number of piperidine rings is 3. The zero-order valence-electron chi connectivity index (χ0n) is 74.6. The van der Waals surface area contributed by atoms with Crippen LogP contribution >= 0.6 is 79.6 Å². The van der Waals surface area contributed by atoms with Gasteiger partial charge in [0.05, 0.1) is 107 Å². The Morgan fingerprint density at radius 3 is 0.752 bits per heavy atom. The first-order valence-corrected chi connectivity index (χ1v) is 49.5. The van der Waals surface area contributed by atoms with Gasteiger partial charge in [-0.25, -0.2) is 99.7 Å². The maximum Gasteiger partial charge on any atom is 0.180 e. The molecule has 42 heteroatoms. The van der Waals surface area contributed by atoms with Gasteiger partial charge in [0.15, 0.2) is 57.4 Å². The fourth-order valence-electron chi connectivity index (χ4n) is 18.8. The molecule has 0 bridgehead atoms. The van der Waals surface area contributed by atoms with E-state index in [1.807, 2.05) is 145 Å². The van der Waals surface area contributed by atoms with Crippen LogP contribution in [0.5, 0.6) is 0 Å². The van der Waals surface area contributed by atoms with Crippen molar-refractivity contribution in [2.24, 2.45) is 42.7 Å². The highest BCUT2D eigenvalue weighted by Gasteiger charge is 2.33. The fourth-order valence-corrected chi connectivity index (χ4v) is 20.4. The number of anilines is 5. The molecule has 5 fully saturated rings. The molecule has 10 aliphatic rings. The second kappa shape index (κ2) is 41.0. The number of piperazine rings is 2. The molecular formula is C95H92Br5N37. The number of fused-ring (bicyclic) bond motifs is 5. The molecule has 0 aromatic carbocycles. The third-order valence-corrected chi connectivity index (χ3v) is 27.5. The third-order valence-electron chi connectivity index (χ3n) is 25.4. The molecule has 15 aromatic heterocycles. The highest BCUT2D eigenvalue weighted by atomic mass is 79.9. The van der Waals surface area contributed by atoms with Gasteiger partial charge < -0.3 is 35.1 Å². The van der Waals surface area contributed by atoms with Crippen LogP contribution in [0.2, 0.25) is 0 Å². The molecular weight excluding hydrogens is 2060 g/mol. The summed E-state index contributed by atoms with van der Waals surface area (Å²) in [5, 5.41) is 7.32. The van der Waals surface area contributed by atoms with E-state index in [1.165, 1.54) is 47.1 Å². The van der Waals surface area contributed by atoms with E-state index in [4.69, 9.17) is 24.9 Å². The Morgan fingerprint density at radius 1 is 0.270 bits per heavy atom. The predicted molar refractivity (Wildman–Crippen MR) is 548 cm³/mol. The summed E-state index contributed by atoms with van der Waals surface area (Å²) in [4.78, 5) is 123. The zero-order chi connectivity index (χ0) is 92.8. The van der Waals surface area contributed by atoms with Gasteiger partial charge in [-0.2, -0.15) is 0 Å². The fraction of sp³-hybridized carbons (Fsp3) is 0.316. The number of aromatic nitrogens is 25. The van der Waals surface area contributed by atoms with Gasteiger partial charge in [0.2, 0.25) is 0 Å². The SMILES string of the molecule is Brc1cn2c(-c3nccc(N4CCCC(C5=CCN=C5)C4)n3)cnc2cn1.Brc1cn2c(-c3nccc(N4CCCC(C5=CCN=C5)C4)n3)cnc2cn1.Brc1cn2c(-c3nccc(N4CCCC(C5=CCN=C5)C4)n3)cnc2cn1.CC1CN(c2ccnc(-c3cnc4cnc(Br)cn34)n2)CC(C2=CCN=C2)N1.CC1CN(c2ccnc(-c3cnc4cnc(Br)cn34)n2)CC(C2=CCN=C2)N1. The van der Waals surface area contributed by atoms with E-state index in [1.54, 1.807) is 62.0 Å². The normalized spacial score (nSPS) is 20.6. The molecule has 0 saturated carbocycles. The first-order chi connectivity index (χ1) is 67.2. The summed E-state index contributed by atoms with van der Waals surface area (Å²) >= 11 is 17.1. The van der Waals surface area contributed by atoms with Gasteiger partial charge in [-0.3, -0.25) is 47.0 Å². The van der Waals surface area contributed by atoms with Gasteiger partial charge in [0.25, 0.3) is 0 Å². The molecule has 7 atom stereocenters. The first kappa shape index (κ1) is 90.3. The van der Waals surface area contributed by atoms with Crippen LogP contribution in [0.25, 0.3) is 85.8 Å². The molecule has 692 valence electrons. The molecule has 15 aromatic rings. The predicted octanol–water partition coefficient (Wildman–Crippen LogP) is 13.8. The van der Waals surface area contributed by atoms with Crippen LogP contribution in [-0.4, -0.2) is 275 Å². The Morgan fingerprint density at radius 2 is 0.511 bits per heavy atom. The summed E-state index contributed by atoms with van der Waals surface area (Å²) in [6.07, 6.45) is 64.3. The van der Waals surface area contributed by atoms with Gasteiger partial charge in [-0.1, -0.05) is 30.4 Å². The Bertz CT molecular complexity index is 6750. The van der Waals surface area contributed by atoms with Crippen molar-refractivity contribution in [3.05, 3.63) is 236 Å². The minimum atomic E-state index is 0.256. The number of aliphatic imine (C=N–C) groups is 5. The van der Waals surface area contributed by atoms with Crippen molar-refractivity contribution >= 4 is 168 Å². The van der Waals surface area contributed by atoms with E-state index in [0.717, 1.165) is 226 Å². The third kappa shape index (κ3) is 20.5. The maximum absolute atomic E-state index is 4.85. The van der Waals surface area contributed by atoms with E-state index in [-0.39, 0.29) is 12.1 Å². The molecule has 5 saturated heterocycles. The number of imidazole rings is 5. The molecule has 0 radical (unpaired) electrons. The van der Waals surface area contributed by atoms with Crippen LogP contribution in [0.15, 0.2) is 260 Å². The van der Waals surface area contributed by atoms with Gasteiger partial charge in [0.1, 0.15) is 80.6 Å². The Balaban J connectivity index is 0.000000102. The molecule has 7 unspecified atom stereocenters. The van der Waals surface area contributed by atoms with Crippen molar-refractivity contribution in [2.45, 2.75) is 76.5 Å². The number of rotatable bonds is 15. The van der Waals surface area contributed by atoms with Gasteiger partial charge in [-0.15, -0.1) is 0 Å². The maximum atomic E-state index is 4.85. The number of nitrogens with zero attached hydrogens (tertiary/aromatic N) is 35. The number of halogens is 5. The standard InChI is InChI=1S/2C19H19BrN8.3C19H18BrN7/c2*1-12-9-27(10-14(25-12)13-2-4-21-6-13)17-3-5-22-19(26-17)15-7-24-18-8-23-16(20)11-28(15)18;3*20-16-12-27-15(9-24-18(27)10-23-16)19-22-6-4-17(25-19)26-7-1-2-14(11-26)13-3-5-21-8-13/h2*2-3,5-8,11-12,14,25H,4,9-10H2,1H3;3*3-4,6,8-10,12,14H,1-2,5,7,11H2. The van der Waals surface area contributed by atoms with Crippen molar-refractivity contribution in [1.82, 2.24) is 132 Å². The largest absolute Gasteiger partial charge is 0.356 e. The van der Waals surface area contributed by atoms with Crippen LogP contribution in [0.1, 0.15) is 52.4 Å². The quantitative estimate of drug-likeness (QED) is 0.0962. The van der Waals surface area contributed by atoms with E-state index in [0.29, 0.717) is 59.0 Å². The van der Waals surface area contributed by atoms with E-state index < -0.39 is 0 Å². The molecule has 2 N–H and O–H groups in total. The Kier molecular flexibility index (Phi) is 27.1. The Hall–Kier alpha value is -13.1. The summed E-state index contributed by atoms with van der Waals surface area (Å²) in [7, 11) is 0. The van der Waals surface area contributed by atoms with Crippen LogP contribution in [0.3, 0.4) is 0 Å². The second-order valence-electron chi connectivity index (χ2n) is 34.5. The van der Waals surface area contributed by atoms with E-state index >= 15 is 0 Å². The van der Waals surface area contributed by atoms with Crippen LogP contribution in [0.4, 0.5) is 29.1 Å². The monoisotopic (exact) mass is 2150 g/mol. The lowest BCUT2D eigenvalue weighted by Crippen LogP contribution is -2.56. The summed E-state index contributed by atoms with van der Waals surface area (Å²) in [5.41, 5.74) is 14.7. The van der Waals surface area contributed by atoms with Gasteiger partial charge in [-0.05, 0) is 190 Å². The summed E-state index contributed by atoms with van der Waals surface area (Å²) in [6, 6.07) is 11.1. The number of nitrogens with one attached hydrogen (secondary N) is 2. The summed E-state index contributed by atoms with van der Waals surface area (Å²) < 4.78 is 13.5. The van der Waals surface area contributed by atoms with Crippen molar-refractivity contribution in [3.63, 3.8) is 0 Å². The van der Waals surface area contributed by atoms with Crippen molar-refractivity contribution in [1.29, 1.82) is 0 Å². The minimum absolute atomic E-state index is 0.256. The van der Waals surface area contributed by atoms with Crippen LogP contribution < -0.4 is 35.1 Å². The number of hydrogen-bond donors (Lipinski definition) is 2. The highest BCUT2D eigenvalue weighted by molar-refractivity contribution is 9.11. The molecule has 0 spiro atoms. The molecule has 25 rings (SSSR count). The first-order valence-electron chi connectivity index (χ1n) is 45.5. The topological polar surface area (TPSA) is 382 Å². The number of hydrogen-bond acceptors (Lipinski definition) is 32. The minimum Gasteiger partial charge on any atom is -0.356 e. The summed E-state index contributed by atoms with van der Waals surface area (Å²) in [5.74, 6) is 9.60. The molecule has 137 heavy (non-hydrogen) atoms. The van der Waals surface area contributed by atoms with Gasteiger partial charge in [0, 0.05) is 188 Å². The van der Waals surface area contributed by atoms with Crippen molar-refractivity contribution in [3.8, 4) is 57.6 Å². The lowest BCUT2D eigenvalue weighted by atomic mass is 9.91. The highest BCUT2D eigenvalue weighted by Crippen LogP contribution is 2.35. The van der Waals surface area contributed by atoms with Crippen molar-refractivity contribution < 1.29 is 0 Å². The smallest absolute Gasteiger partial charge is 0.180 e.